The lowest BCUT2D eigenvalue weighted by Gasteiger charge is -2.25. The highest BCUT2D eigenvalue weighted by Gasteiger charge is 2.34. The number of esters is 2. The lowest BCUT2D eigenvalue weighted by molar-refractivity contribution is -0.136. The van der Waals surface area contributed by atoms with Gasteiger partial charge in [-0.15, -0.1) is 0 Å². The number of carbonyl (C=O) groups is 2. The Morgan fingerprint density at radius 1 is 1.24 bits per heavy atom. The van der Waals surface area contributed by atoms with Crippen LogP contribution in [0.5, 0.6) is 5.75 Å². The highest BCUT2D eigenvalue weighted by molar-refractivity contribution is 9.10. The molecule has 1 unspecified atom stereocenters. The predicted octanol–water partition coefficient (Wildman–Crippen LogP) is 3.75. The number of halogens is 2. The fourth-order valence-corrected chi connectivity index (χ4v) is 5.36. The van der Waals surface area contributed by atoms with Gasteiger partial charge in [0.25, 0.3) is 5.56 Å². The SMILES string of the molecule is COC(=O)C1=C(C)N=c2s/c(=C/c3cc(Br)ccc3OC(C)=O)c(=O)n2C1c1ccccc1Cl. The van der Waals surface area contributed by atoms with E-state index >= 15 is 0 Å². The zero-order chi connectivity index (χ0) is 24.6. The van der Waals surface area contributed by atoms with E-state index < -0.39 is 18.0 Å². The first-order chi connectivity index (χ1) is 16.2. The average Bonchev–Trinajstić information content (AvgIpc) is 3.09. The van der Waals surface area contributed by atoms with Crippen LogP contribution in [0.3, 0.4) is 0 Å². The number of nitrogens with zero attached hydrogens (tertiary/aromatic N) is 2. The molecule has 2 heterocycles. The van der Waals surface area contributed by atoms with Crippen LogP contribution in [0, 0.1) is 0 Å². The van der Waals surface area contributed by atoms with Gasteiger partial charge in [0.05, 0.1) is 22.9 Å². The molecule has 1 aliphatic heterocycles. The van der Waals surface area contributed by atoms with Crippen molar-refractivity contribution in [1.29, 1.82) is 0 Å². The van der Waals surface area contributed by atoms with E-state index in [4.69, 9.17) is 21.1 Å². The third-order valence-corrected chi connectivity index (χ3v) is 6.96. The molecule has 174 valence electrons. The van der Waals surface area contributed by atoms with Crippen molar-refractivity contribution in [3.63, 3.8) is 0 Å². The normalized spacial score (nSPS) is 15.6. The first-order valence-electron chi connectivity index (χ1n) is 10.0. The Hall–Kier alpha value is -3.01. The topological polar surface area (TPSA) is 87.0 Å². The molecule has 3 aromatic rings. The second-order valence-corrected chi connectivity index (χ2v) is 9.70. The molecule has 0 aliphatic carbocycles. The molecule has 0 saturated carbocycles. The summed E-state index contributed by atoms with van der Waals surface area (Å²) < 4.78 is 12.8. The Balaban J connectivity index is 2.00. The van der Waals surface area contributed by atoms with Gasteiger partial charge < -0.3 is 9.47 Å². The van der Waals surface area contributed by atoms with Gasteiger partial charge in [-0.2, -0.15) is 0 Å². The maximum Gasteiger partial charge on any atom is 0.338 e. The molecule has 1 atom stereocenters. The van der Waals surface area contributed by atoms with Gasteiger partial charge in [-0.05, 0) is 42.8 Å². The van der Waals surface area contributed by atoms with Crippen molar-refractivity contribution in [3.8, 4) is 5.75 Å². The van der Waals surface area contributed by atoms with Crippen LogP contribution >= 0.6 is 38.9 Å². The quantitative estimate of drug-likeness (QED) is 0.358. The molecule has 0 radical (unpaired) electrons. The van der Waals surface area contributed by atoms with Crippen molar-refractivity contribution in [2.45, 2.75) is 19.9 Å². The smallest absolute Gasteiger partial charge is 0.338 e. The minimum Gasteiger partial charge on any atom is -0.466 e. The first kappa shape index (κ1) is 24.1. The van der Waals surface area contributed by atoms with Gasteiger partial charge in [0.1, 0.15) is 11.8 Å². The van der Waals surface area contributed by atoms with Crippen molar-refractivity contribution in [3.05, 3.63) is 94.0 Å². The number of thiazole rings is 1. The maximum atomic E-state index is 13.6. The largest absolute Gasteiger partial charge is 0.466 e. The Morgan fingerprint density at radius 3 is 2.65 bits per heavy atom. The van der Waals surface area contributed by atoms with Crippen LogP contribution in [0.25, 0.3) is 6.08 Å². The summed E-state index contributed by atoms with van der Waals surface area (Å²) in [6.07, 6.45) is 1.63. The number of hydrogen-bond acceptors (Lipinski definition) is 7. The van der Waals surface area contributed by atoms with Crippen LogP contribution in [-0.2, 0) is 14.3 Å². The molecular weight excluding hydrogens is 544 g/mol. The van der Waals surface area contributed by atoms with E-state index in [9.17, 15) is 14.4 Å². The Labute approximate surface area is 211 Å². The molecule has 0 spiro atoms. The zero-order valence-corrected chi connectivity index (χ0v) is 21.5. The van der Waals surface area contributed by atoms with E-state index in [-0.39, 0.29) is 11.1 Å². The molecule has 0 N–H and O–H groups in total. The third kappa shape index (κ3) is 4.51. The summed E-state index contributed by atoms with van der Waals surface area (Å²) in [5, 5.41) is 0.405. The molecular formula is C24H18BrClN2O5S. The maximum absolute atomic E-state index is 13.6. The summed E-state index contributed by atoms with van der Waals surface area (Å²) in [7, 11) is 1.28. The number of benzene rings is 2. The molecule has 0 fully saturated rings. The highest BCUT2D eigenvalue weighted by Crippen LogP contribution is 2.34. The second-order valence-electron chi connectivity index (χ2n) is 7.37. The summed E-state index contributed by atoms with van der Waals surface area (Å²) in [4.78, 5) is 42.8. The Bertz CT molecular complexity index is 1540. The average molecular weight is 562 g/mol. The number of methoxy groups -OCH3 is 1. The number of carbonyl (C=O) groups excluding carboxylic acids is 2. The fraction of sp³-hybridized carbons (Fsp3) is 0.167. The Kier molecular flexibility index (Phi) is 6.88. The summed E-state index contributed by atoms with van der Waals surface area (Å²) >= 11 is 11.1. The van der Waals surface area contributed by atoms with Crippen molar-refractivity contribution >= 4 is 56.9 Å². The highest BCUT2D eigenvalue weighted by atomic mass is 79.9. The molecule has 0 saturated heterocycles. The number of aromatic nitrogens is 1. The van der Waals surface area contributed by atoms with E-state index in [1.807, 2.05) is 0 Å². The standard InChI is InChI=1S/C24H18BrClN2O5S/c1-12-20(23(31)32-3)21(16-6-4-5-7-17(16)26)28-22(30)19(34-24(28)27-12)11-14-10-15(25)8-9-18(14)33-13(2)29/h4-11,21H,1-3H3/b19-11+. The van der Waals surface area contributed by atoms with Crippen LogP contribution in [0.4, 0.5) is 0 Å². The van der Waals surface area contributed by atoms with Gasteiger partial charge in [0.2, 0.25) is 0 Å². The molecule has 7 nitrogen and oxygen atoms in total. The molecule has 4 rings (SSSR count). The molecule has 1 aromatic heterocycles. The molecule has 2 aromatic carbocycles. The van der Waals surface area contributed by atoms with Crippen molar-refractivity contribution < 1.29 is 19.1 Å². The number of fused-ring (bicyclic) bond motifs is 1. The summed E-state index contributed by atoms with van der Waals surface area (Å²) in [6.45, 7) is 3.00. The summed E-state index contributed by atoms with van der Waals surface area (Å²) in [5.74, 6) is -0.754. The van der Waals surface area contributed by atoms with Crippen LogP contribution < -0.4 is 19.6 Å². The lowest BCUT2D eigenvalue weighted by Crippen LogP contribution is -2.39. The fourth-order valence-electron chi connectivity index (χ4n) is 3.70. The van der Waals surface area contributed by atoms with Gasteiger partial charge in [-0.25, -0.2) is 9.79 Å². The zero-order valence-electron chi connectivity index (χ0n) is 18.3. The number of hydrogen-bond donors (Lipinski definition) is 0. The van der Waals surface area contributed by atoms with Crippen LogP contribution in [-0.4, -0.2) is 23.6 Å². The van der Waals surface area contributed by atoms with Crippen molar-refractivity contribution in [1.82, 2.24) is 4.57 Å². The number of rotatable bonds is 4. The number of ether oxygens (including phenoxy) is 2. The molecule has 34 heavy (non-hydrogen) atoms. The van der Waals surface area contributed by atoms with E-state index in [1.165, 1.54) is 18.6 Å². The van der Waals surface area contributed by atoms with Gasteiger partial charge in [0.15, 0.2) is 4.80 Å². The lowest BCUT2D eigenvalue weighted by atomic mass is 9.96. The Morgan fingerprint density at radius 2 is 1.97 bits per heavy atom. The van der Waals surface area contributed by atoms with Crippen molar-refractivity contribution in [2.75, 3.05) is 7.11 Å². The van der Waals surface area contributed by atoms with E-state index in [0.29, 0.717) is 36.9 Å². The summed E-state index contributed by atoms with van der Waals surface area (Å²) in [6, 6.07) is 11.3. The first-order valence-corrected chi connectivity index (χ1v) is 12.0. The second kappa shape index (κ2) is 9.69. The predicted molar refractivity (Wildman–Crippen MR) is 133 cm³/mol. The molecule has 0 amide bonds. The van der Waals surface area contributed by atoms with Gasteiger partial charge in [0, 0.05) is 22.0 Å². The molecule has 0 bridgehead atoms. The minimum absolute atomic E-state index is 0.234. The van der Waals surface area contributed by atoms with Crippen LogP contribution in [0.1, 0.15) is 31.0 Å². The van der Waals surface area contributed by atoms with Gasteiger partial charge in [-0.3, -0.25) is 14.2 Å². The van der Waals surface area contributed by atoms with Gasteiger partial charge in [-0.1, -0.05) is 57.1 Å². The minimum atomic E-state index is -0.810. The van der Waals surface area contributed by atoms with Crippen LogP contribution in [0.2, 0.25) is 5.02 Å². The van der Waals surface area contributed by atoms with E-state index in [2.05, 4.69) is 20.9 Å². The molecule has 10 heteroatoms. The van der Waals surface area contributed by atoms with Crippen LogP contribution in [0.15, 0.2) is 68.0 Å². The number of allylic oxidation sites excluding steroid dienone is 1. The summed E-state index contributed by atoms with van der Waals surface area (Å²) in [5.41, 5.74) is 1.42. The monoisotopic (exact) mass is 560 g/mol. The molecule has 1 aliphatic rings. The van der Waals surface area contributed by atoms with Gasteiger partial charge >= 0.3 is 11.9 Å². The van der Waals surface area contributed by atoms with E-state index in [0.717, 1.165) is 15.8 Å². The van der Waals surface area contributed by atoms with E-state index in [1.54, 1.807) is 55.5 Å². The third-order valence-electron chi connectivity index (χ3n) is 5.14. The van der Waals surface area contributed by atoms with Crippen molar-refractivity contribution in [2.24, 2.45) is 4.99 Å².